The second kappa shape index (κ2) is 4.93. The summed E-state index contributed by atoms with van der Waals surface area (Å²) >= 11 is 0. The normalized spacial score (nSPS) is 23.1. The molecule has 88 valence electrons. The highest BCUT2D eigenvalue weighted by atomic mass is 19.1. The van der Waals surface area contributed by atoms with Gasteiger partial charge in [0, 0.05) is 12.5 Å². The number of rotatable bonds is 2. The van der Waals surface area contributed by atoms with Gasteiger partial charge in [-0.1, -0.05) is 12.1 Å². The maximum atomic E-state index is 13.4. The molecule has 1 aromatic carbocycles. The predicted octanol–water partition coefficient (Wildman–Crippen LogP) is 2.59. The lowest BCUT2D eigenvalue weighted by Crippen LogP contribution is -2.23. The van der Waals surface area contributed by atoms with Crippen LogP contribution in [0.4, 0.5) is 4.39 Å². The molecule has 3 heteroatoms. The summed E-state index contributed by atoms with van der Waals surface area (Å²) in [5, 5.41) is 10.1. The minimum atomic E-state index is -0.615. The van der Waals surface area contributed by atoms with E-state index in [1.807, 2.05) is 0 Å². The van der Waals surface area contributed by atoms with Crippen LogP contribution in [0.2, 0.25) is 0 Å². The van der Waals surface area contributed by atoms with Crippen molar-refractivity contribution in [2.75, 3.05) is 13.2 Å². The summed E-state index contributed by atoms with van der Waals surface area (Å²) in [7, 11) is 0. The number of aliphatic hydroxyl groups is 1. The fraction of sp³-hybridized carbons (Fsp3) is 0.538. The van der Waals surface area contributed by atoms with Crippen LogP contribution in [-0.2, 0) is 4.74 Å². The Hall–Kier alpha value is -0.930. The molecule has 1 aliphatic rings. The first-order chi connectivity index (χ1) is 7.68. The zero-order valence-electron chi connectivity index (χ0n) is 9.45. The fourth-order valence-corrected chi connectivity index (χ4v) is 2.08. The zero-order valence-corrected chi connectivity index (χ0v) is 9.45. The van der Waals surface area contributed by atoms with Gasteiger partial charge < -0.3 is 9.84 Å². The van der Waals surface area contributed by atoms with E-state index in [0.717, 1.165) is 19.4 Å². The van der Waals surface area contributed by atoms with Gasteiger partial charge in [-0.25, -0.2) is 4.39 Å². The van der Waals surface area contributed by atoms with Gasteiger partial charge in [0.05, 0.1) is 12.7 Å². The molecule has 2 atom stereocenters. The molecule has 0 aliphatic carbocycles. The zero-order chi connectivity index (χ0) is 11.5. The topological polar surface area (TPSA) is 29.5 Å². The molecule has 16 heavy (non-hydrogen) atoms. The Morgan fingerprint density at radius 1 is 1.50 bits per heavy atom. The van der Waals surface area contributed by atoms with Crippen molar-refractivity contribution in [1.82, 2.24) is 0 Å². The van der Waals surface area contributed by atoms with Crippen LogP contribution in [0.25, 0.3) is 0 Å². The van der Waals surface area contributed by atoms with Gasteiger partial charge in [-0.05, 0) is 37.0 Å². The van der Waals surface area contributed by atoms with Gasteiger partial charge in [0.25, 0.3) is 0 Å². The van der Waals surface area contributed by atoms with Gasteiger partial charge in [0.2, 0.25) is 0 Å². The molecule has 0 amide bonds. The summed E-state index contributed by atoms with van der Waals surface area (Å²) < 4.78 is 18.7. The second-order valence-electron chi connectivity index (χ2n) is 4.43. The first-order valence-electron chi connectivity index (χ1n) is 5.70. The van der Waals surface area contributed by atoms with Crippen LogP contribution in [0.3, 0.4) is 0 Å². The Balaban J connectivity index is 2.12. The number of ether oxygens (including phenoxy) is 1. The SMILES string of the molecule is Cc1ccc(C(O)C2CCCOC2)cc1F. The standard InChI is InChI=1S/C13H17FO2/c1-9-4-5-10(7-12(9)14)13(15)11-3-2-6-16-8-11/h4-5,7,11,13,15H,2-3,6,8H2,1H3. The van der Waals surface area contributed by atoms with Crippen LogP contribution in [0, 0.1) is 18.7 Å². The Morgan fingerprint density at radius 2 is 2.31 bits per heavy atom. The molecule has 1 aromatic rings. The van der Waals surface area contributed by atoms with E-state index >= 15 is 0 Å². The van der Waals surface area contributed by atoms with Crippen LogP contribution < -0.4 is 0 Å². The van der Waals surface area contributed by atoms with Crippen molar-refractivity contribution in [3.63, 3.8) is 0 Å². The summed E-state index contributed by atoms with van der Waals surface area (Å²) in [6.07, 6.45) is 1.29. The van der Waals surface area contributed by atoms with E-state index in [-0.39, 0.29) is 11.7 Å². The third kappa shape index (κ3) is 2.42. The first-order valence-corrected chi connectivity index (χ1v) is 5.70. The van der Waals surface area contributed by atoms with E-state index in [1.54, 1.807) is 19.1 Å². The van der Waals surface area contributed by atoms with Crippen LogP contribution in [-0.4, -0.2) is 18.3 Å². The van der Waals surface area contributed by atoms with Crippen molar-refractivity contribution < 1.29 is 14.2 Å². The number of aryl methyl sites for hydroxylation is 1. The average Bonchev–Trinajstić information content (AvgIpc) is 2.33. The van der Waals surface area contributed by atoms with Gasteiger partial charge in [-0.15, -0.1) is 0 Å². The number of hydrogen-bond donors (Lipinski definition) is 1. The van der Waals surface area contributed by atoms with Crippen molar-refractivity contribution in [3.05, 3.63) is 35.1 Å². The van der Waals surface area contributed by atoms with E-state index in [4.69, 9.17) is 4.74 Å². The van der Waals surface area contributed by atoms with E-state index in [2.05, 4.69) is 0 Å². The van der Waals surface area contributed by atoms with Crippen LogP contribution in [0.1, 0.15) is 30.1 Å². The Kier molecular flexibility index (Phi) is 3.56. The molecule has 0 saturated carbocycles. The van der Waals surface area contributed by atoms with E-state index in [9.17, 15) is 9.50 Å². The molecule has 0 aromatic heterocycles. The molecule has 0 spiro atoms. The van der Waals surface area contributed by atoms with Crippen molar-refractivity contribution in [1.29, 1.82) is 0 Å². The molecule has 2 unspecified atom stereocenters. The quantitative estimate of drug-likeness (QED) is 0.836. The van der Waals surface area contributed by atoms with Gasteiger partial charge in [-0.2, -0.15) is 0 Å². The van der Waals surface area contributed by atoms with Crippen LogP contribution in [0.5, 0.6) is 0 Å². The molecule has 0 bridgehead atoms. The lowest BCUT2D eigenvalue weighted by atomic mass is 9.91. The number of aliphatic hydroxyl groups excluding tert-OH is 1. The van der Waals surface area contributed by atoms with Crippen molar-refractivity contribution in [2.24, 2.45) is 5.92 Å². The highest BCUT2D eigenvalue weighted by Crippen LogP contribution is 2.29. The van der Waals surface area contributed by atoms with Gasteiger partial charge >= 0.3 is 0 Å². The van der Waals surface area contributed by atoms with Crippen LogP contribution in [0.15, 0.2) is 18.2 Å². The van der Waals surface area contributed by atoms with Crippen molar-refractivity contribution in [3.8, 4) is 0 Å². The van der Waals surface area contributed by atoms with E-state index in [1.165, 1.54) is 6.07 Å². The Bertz CT molecular complexity index is 359. The summed E-state index contributed by atoms with van der Waals surface area (Å²) in [6, 6.07) is 4.92. The minimum absolute atomic E-state index is 0.0934. The monoisotopic (exact) mass is 224 g/mol. The molecule has 1 fully saturated rings. The minimum Gasteiger partial charge on any atom is -0.388 e. The highest BCUT2D eigenvalue weighted by molar-refractivity contribution is 5.25. The number of benzene rings is 1. The predicted molar refractivity (Wildman–Crippen MR) is 59.6 cm³/mol. The molecule has 1 aliphatic heterocycles. The number of halogens is 1. The van der Waals surface area contributed by atoms with E-state index in [0.29, 0.717) is 17.7 Å². The Labute approximate surface area is 95.1 Å². The lowest BCUT2D eigenvalue weighted by Gasteiger charge is -2.27. The third-order valence-electron chi connectivity index (χ3n) is 3.18. The molecule has 1 saturated heterocycles. The highest BCUT2D eigenvalue weighted by Gasteiger charge is 2.24. The molecule has 1 N–H and O–H groups in total. The molecule has 0 radical (unpaired) electrons. The van der Waals surface area contributed by atoms with Gasteiger partial charge in [-0.3, -0.25) is 0 Å². The van der Waals surface area contributed by atoms with Crippen molar-refractivity contribution >= 4 is 0 Å². The summed E-state index contributed by atoms with van der Waals surface area (Å²) in [4.78, 5) is 0. The number of hydrogen-bond acceptors (Lipinski definition) is 2. The van der Waals surface area contributed by atoms with Crippen LogP contribution >= 0.6 is 0 Å². The van der Waals surface area contributed by atoms with Gasteiger partial charge in [0.1, 0.15) is 5.82 Å². The van der Waals surface area contributed by atoms with Gasteiger partial charge in [0.15, 0.2) is 0 Å². The molecular formula is C13H17FO2. The molecule has 1 heterocycles. The Morgan fingerprint density at radius 3 is 2.94 bits per heavy atom. The smallest absolute Gasteiger partial charge is 0.126 e. The lowest BCUT2D eigenvalue weighted by molar-refractivity contribution is -0.0101. The largest absolute Gasteiger partial charge is 0.388 e. The first kappa shape index (κ1) is 11.6. The molecule has 2 nitrogen and oxygen atoms in total. The maximum absolute atomic E-state index is 13.4. The third-order valence-corrected chi connectivity index (χ3v) is 3.18. The maximum Gasteiger partial charge on any atom is 0.126 e. The molecule has 2 rings (SSSR count). The van der Waals surface area contributed by atoms with E-state index < -0.39 is 6.10 Å². The van der Waals surface area contributed by atoms with Crippen molar-refractivity contribution in [2.45, 2.75) is 25.9 Å². The summed E-state index contributed by atoms with van der Waals surface area (Å²) in [6.45, 7) is 3.05. The fourth-order valence-electron chi connectivity index (χ4n) is 2.08. The average molecular weight is 224 g/mol. The molecular weight excluding hydrogens is 207 g/mol. The second-order valence-corrected chi connectivity index (χ2v) is 4.43. The summed E-state index contributed by atoms with van der Waals surface area (Å²) in [5.74, 6) is -0.163. The summed E-state index contributed by atoms with van der Waals surface area (Å²) in [5.41, 5.74) is 1.26.